The summed E-state index contributed by atoms with van der Waals surface area (Å²) in [6.45, 7) is 4.48. The van der Waals surface area contributed by atoms with E-state index in [0.29, 0.717) is 35.8 Å². The van der Waals surface area contributed by atoms with Gasteiger partial charge in [0.25, 0.3) is 0 Å². The van der Waals surface area contributed by atoms with E-state index < -0.39 is 5.82 Å². The third kappa shape index (κ3) is 4.55. The van der Waals surface area contributed by atoms with Crippen molar-refractivity contribution in [2.75, 3.05) is 18.4 Å². The predicted molar refractivity (Wildman–Crippen MR) is 105 cm³/mol. The molecule has 2 aromatic rings. The van der Waals surface area contributed by atoms with Crippen LogP contribution in [0.25, 0.3) is 11.1 Å². The van der Waals surface area contributed by atoms with E-state index in [2.05, 4.69) is 11.9 Å². The topological polar surface area (TPSA) is 49.4 Å². The zero-order chi connectivity index (χ0) is 19.4. The number of piperidine rings is 1. The van der Waals surface area contributed by atoms with Crippen LogP contribution >= 0.6 is 11.6 Å². The zero-order valence-corrected chi connectivity index (χ0v) is 15.5. The molecule has 2 aromatic carbocycles. The van der Waals surface area contributed by atoms with E-state index in [-0.39, 0.29) is 17.7 Å². The molecule has 1 heterocycles. The van der Waals surface area contributed by atoms with Crippen molar-refractivity contribution in [2.45, 2.75) is 12.8 Å². The maximum atomic E-state index is 13.8. The number of hydrogen-bond donors (Lipinski definition) is 1. The highest BCUT2D eigenvalue weighted by Crippen LogP contribution is 2.31. The maximum Gasteiger partial charge on any atom is 0.245 e. The van der Waals surface area contributed by atoms with Crippen LogP contribution in [0.3, 0.4) is 0 Å². The van der Waals surface area contributed by atoms with Crippen LogP contribution in [-0.2, 0) is 9.59 Å². The van der Waals surface area contributed by atoms with E-state index in [4.69, 9.17) is 11.6 Å². The number of anilines is 1. The van der Waals surface area contributed by atoms with Gasteiger partial charge in [-0.05, 0) is 54.8 Å². The van der Waals surface area contributed by atoms with Crippen LogP contribution in [0.1, 0.15) is 12.8 Å². The predicted octanol–water partition coefficient (Wildman–Crippen LogP) is 4.51. The van der Waals surface area contributed by atoms with Crippen molar-refractivity contribution in [1.29, 1.82) is 0 Å². The molecule has 1 saturated heterocycles. The lowest BCUT2D eigenvalue weighted by atomic mass is 9.96. The number of nitrogens with zero attached hydrogens (tertiary/aromatic N) is 1. The molecule has 0 spiro atoms. The van der Waals surface area contributed by atoms with Gasteiger partial charge in [0.1, 0.15) is 5.82 Å². The van der Waals surface area contributed by atoms with Crippen molar-refractivity contribution in [3.8, 4) is 11.1 Å². The zero-order valence-electron chi connectivity index (χ0n) is 14.8. The third-order valence-corrected chi connectivity index (χ3v) is 4.93. The summed E-state index contributed by atoms with van der Waals surface area (Å²) in [6, 6.07) is 11.2. The average Bonchev–Trinajstić information content (AvgIpc) is 2.69. The molecule has 27 heavy (non-hydrogen) atoms. The third-order valence-electron chi connectivity index (χ3n) is 4.67. The molecule has 1 N–H and O–H groups in total. The van der Waals surface area contributed by atoms with Gasteiger partial charge in [0, 0.05) is 29.4 Å². The van der Waals surface area contributed by atoms with Crippen molar-refractivity contribution < 1.29 is 14.0 Å². The molecule has 0 aliphatic carbocycles. The second-order valence-corrected chi connectivity index (χ2v) is 6.95. The van der Waals surface area contributed by atoms with Gasteiger partial charge in [0.05, 0.1) is 5.92 Å². The summed E-state index contributed by atoms with van der Waals surface area (Å²) >= 11 is 5.92. The fraction of sp³-hybridized carbons (Fsp3) is 0.238. The quantitative estimate of drug-likeness (QED) is 0.786. The van der Waals surface area contributed by atoms with Gasteiger partial charge in [0.15, 0.2) is 0 Å². The lowest BCUT2D eigenvalue weighted by Crippen LogP contribution is -2.43. The van der Waals surface area contributed by atoms with Crippen molar-refractivity contribution in [1.82, 2.24) is 4.90 Å². The lowest BCUT2D eigenvalue weighted by molar-refractivity contribution is -0.130. The minimum atomic E-state index is -0.390. The molecule has 0 radical (unpaired) electrons. The highest BCUT2D eigenvalue weighted by atomic mass is 35.5. The minimum absolute atomic E-state index is 0.170. The molecular weight excluding hydrogens is 367 g/mol. The fourth-order valence-electron chi connectivity index (χ4n) is 3.25. The van der Waals surface area contributed by atoms with Crippen LogP contribution in [0.4, 0.5) is 10.1 Å². The molecule has 1 aliphatic heterocycles. The number of carbonyl (C=O) groups excluding carboxylic acids is 2. The summed E-state index contributed by atoms with van der Waals surface area (Å²) < 4.78 is 13.8. The standard InChI is InChI=1S/C21H20ClFN2O2/c1-2-20(26)25-11-3-4-15(13-25)21(27)24-19-10-9-17(23)12-18(19)14-5-7-16(22)8-6-14/h2,5-10,12,15H,1,3-4,11,13H2,(H,24,27). The van der Waals surface area contributed by atoms with E-state index in [1.807, 2.05) is 0 Å². The first-order chi connectivity index (χ1) is 13.0. The Hall–Kier alpha value is -2.66. The smallest absolute Gasteiger partial charge is 0.245 e. The molecule has 1 unspecified atom stereocenters. The van der Waals surface area contributed by atoms with Crippen LogP contribution in [0.5, 0.6) is 0 Å². The molecule has 0 bridgehead atoms. The molecule has 1 atom stereocenters. The Morgan fingerprint density at radius 1 is 1.22 bits per heavy atom. The van der Waals surface area contributed by atoms with Crippen molar-refractivity contribution in [2.24, 2.45) is 5.92 Å². The van der Waals surface area contributed by atoms with E-state index in [1.54, 1.807) is 35.2 Å². The Balaban J connectivity index is 1.81. The Morgan fingerprint density at radius 3 is 2.67 bits per heavy atom. The lowest BCUT2D eigenvalue weighted by Gasteiger charge is -2.31. The molecule has 0 saturated carbocycles. The van der Waals surface area contributed by atoms with Crippen molar-refractivity contribution >= 4 is 29.1 Å². The second-order valence-electron chi connectivity index (χ2n) is 6.51. The fourth-order valence-corrected chi connectivity index (χ4v) is 3.37. The monoisotopic (exact) mass is 386 g/mol. The first kappa shape index (κ1) is 19.1. The molecule has 2 amide bonds. The largest absolute Gasteiger partial charge is 0.338 e. The maximum absolute atomic E-state index is 13.8. The number of hydrogen-bond acceptors (Lipinski definition) is 2. The summed E-state index contributed by atoms with van der Waals surface area (Å²) in [5.74, 6) is -1.06. The van der Waals surface area contributed by atoms with Crippen LogP contribution in [0.15, 0.2) is 55.1 Å². The number of rotatable bonds is 4. The SMILES string of the molecule is C=CC(=O)N1CCCC(C(=O)Nc2ccc(F)cc2-c2ccc(Cl)cc2)C1. The van der Waals surface area contributed by atoms with Gasteiger partial charge >= 0.3 is 0 Å². The number of benzene rings is 2. The summed E-state index contributed by atoms with van der Waals surface area (Å²) in [5, 5.41) is 3.47. The Bertz CT molecular complexity index is 867. The van der Waals surface area contributed by atoms with E-state index in [1.165, 1.54) is 18.2 Å². The summed E-state index contributed by atoms with van der Waals surface area (Å²) in [4.78, 5) is 26.2. The average molecular weight is 387 g/mol. The molecule has 140 valence electrons. The summed E-state index contributed by atoms with van der Waals surface area (Å²) in [6.07, 6.45) is 2.72. The number of halogens is 2. The van der Waals surface area contributed by atoms with Gasteiger partial charge in [-0.2, -0.15) is 0 Å². The summed E-state index contributed by atoms with van der Waals surface area (Å²) in [7, 11) is 0. The number of carbonyl (C=O) groups is 2. The first-order valence-electron chi connectivity index (χ1n) is 8.75. The summed E-state index contributed by atoms with van der Waals surface area (Å²) in [5.41, 5.74) is 1.85. The molecule has 1 aliphatic rings. The molecule has 3 rings (SSSR count). The molecule has 1 fully saturated rings. The van der Waals surface area contributed by atoms with E-state index >= 15 is 0 Å². The van der Waals surface area contributed by atoms with Crippen LogP contribution in [0, 0.1) is 11.7 Å². The van der Waals surface area contributed by atoms with Gasteiger partial charge in [-0.1, -0.05) is 30.3 Å². The molecular formula is C21H20ClFN2O2. The first-order valence-corrected chi connectivity index (χ1v) is 9.13. The molecule has 0 aromatic heterocycles. The Kier molecular flexibility index (Phi) is 5.91. The van der Waals surface area contributed by atoms with Gasteiger partial charge < -0.3 is 10.2 Å². The Morgan fingerprint density at radius 2 is 1.96 bits per heavy atom. The second kappa shape index (κ2) is 8.35. The van der Waals surface area contributed by atoms with Gasteiger partial charge in [-0.15, -0.1) is 0 Å². The van der Waals surface area contributed by atoms with Gasteiger partial charge in [-0.3, -0.25) is 9.59 Å². The molecule has 6 heteroatoms. The van der Waals surface area contributed by atoms with Gasteiger partial charge in [0.2, 0.25) is 11.8 Å². The van der Waals surface area contributed by atoms with E-state index in [0.717, 1.165) is 12.0 Å². The van der Waals surface area contributed by atoms with Crippen LogP contribution in [-0.4, -0.2) is 29.8 Å². The normalized spacial score (nSPS) is 16.7. The number of nitrogens with one attached hydrogen (secondary N) is 1. The van der Waals surface area contributed by atoms with Crippen LogP contribution in [0.2, 0.25) is 5.02 Å². The number of amides is 2. The Labute approximate surface area is 162 Å². The minimum Gasteiger partial charge on any atom is -0.338 e. The highest BCUT2D eigenvalue weighted by molar-refractivity contribution is 6.30. The van der Waals surface area contributed by atoms with Crippen molar-refractivity contribution in [3.05, 3.63) is 66.0 Å². The van der Waals surface area contributed by atoms with E-state index in [9.17, 15) is 14.0 Å². The highest BCUT2D eigenvalue weighted by Gasteiger charge is 2.28. The van der Waals surface area contributed by atoms with Crippen LogP contribution < -0.4 is 5.32 Å². The van der Waals surface area contributed by atoms with Gasteiger partial charge in [-0.25, -0.2) is 4.39 Å². The molecule has 4 nitrogen and oxygen atoms in total. The van der Waals surface area contributed by atoms with Crippen molar-refractivity contribution in [3.63, 3.8) is 0 Å². The number of likely N-dealkylation sites (tertiary alicyclic amines) is 1.